The van der Waals surface area contributed by atoms with Crippen LogP contribution < -0.4 is 5.32 Å². The molecule has 0 spiro atoms. The van der Waals surface area contributed by atoms with Gasteiger partial charge in [-0.05, 0) is 37.6 Å². The Balaban J connectivity index is 2.17. The van der Waals surface area contributed by atoms with Crippen LogP contribution in [0, 0.1) is 12.7 Å². The third-order valence-corrected chi connectivity index (χ3v) is 4.16. The molecule has 3 aromatic rings. The Hall–Kier alpha value is -2.01. The number of thiophene rings is 1. The smallest absolute Gasteiger partial charge is 0.172 e. The van der Waals surface area contributed by atoms with Crippen LogP contribution in [0.4, 0.5) is 10.2 Å². The zero-order valence-electron chi connectivity index (χ0n) is 12.0. The number of nitrogens with one attached hydrogen (secondary N) is 1. The fraction of sp³-hybridized carbons (Fsp3) is 0.250. The van der Waals surface area contributed by atoms with Crippen molar-refractivity contribution in [2.75, 3.05) is 11.9 Å². The minimum atomic E-state index is -0.282. The zero-order valence-corrected chi connectivity index (χ0v) is 12.8. The lowest BCUT2D eigenvalue weighted by molar-refractivity contribution is 0.629. The second kappa shape index (κ2) is 5.77. The van der Waals surface area contributed by atoms with E-state index in [0.717, 1.165) is 29.0 Å². The van der Waals surface area contributed by atoms with Crippen molar-refractivity contribution in [3.63, 3.8) is 0 Å². The summed E-state index contributed by atoms with van der Waals surface area (Å²) in [6.45, 7) is 4.97. The summed E-state index contributed by atoms with van der Waals surface area (Å²) in [5.74, 6) is 1.13. The Kier molecular flexibility index (Phi) is 3.84. The standard InChI is InChI=1S/C16H16FN3S/c1-3-8-18-15-12-6-5-11(17)9-13(12)19-16(20-15)14-7-4-10(2)21-14/h4-7,9H,3,8H2,1-2H3,(H,18,19,20). The predicted molar refractivity (Wildman–Crippen MR) is 86.3 cm³/mol. The second-order valence-electron chi connectivity index (χ2n) is 4.89. The Morgan fingerprint density at radius 1 is 1.19 bits per heavy atom. The molecule has 0 saturated heterocycles. The van der Waals surface area contributed by atoms with Gasteiger partial charge in [-0.1, -0.05) is 6.92 Å². The van der Waals surface area contributed by atoms with E-state index in [1.54, 1.807) is 17.4 Å². The third-order valence-electron chi connectivity index (χ3n) is 3.16. The van der Waals surface area contributed by atoms with Gasteiger partial charge >= 0.3 is 0 Å². The first-order valence-electron chi connectivity index (χ1n) is 6.95. The molecule has 0 unspecified atom stereocenters. The van der Waals surface area contributed by atoms with Gasteiger partial charge in [0.1, 0.15) is 11.6 Å². The summed E-state index contributed by atoms with van der Waals surface area (Å²) in [5, 5.41) is 4.15. The first-order valence-corrected chi connectivity index (χ1v) is 7.77. The fourth-order valence-electron chi connectivity index (χ4n) is 2.15. The van der Waals surface area contributed by atoms with E-state index >= 15 is 0 Å². The fourth-order valence-corrected chi connectivity index (χ4v) is 2.95. The van der Waals surface area contributed by atoms with E-state index in [0.29, 0.717) is 11.3 Å². The van der Waals surface area contributed by atoms with Crippen LogP contribution in [0.2, 0.25) is 0 Å². The molecule has 1 N–H and O–H groups in total. The van der Waals surface area contributed by atoms with Crippen molar-refractivity contribution < 1.29 is 4.39 Å². The number of anilines is 1. The average Bonchev–Trinajstić information content (AvgIpc) is 2.90. The maximum atomic E-state index is 13.5. The molecule has 0 amide bonds. The highest BCUT2D eigenvalue weighted by molar-refractivity contribution is 7.15. The molecule has 3 rings (SSSR count). The summed E-state index contributed by atoms with van der Waals surface area (Å²) in [5.41, 5.74) is 0.629. The van der Waals surface area contributed by atoms with E-state index in [2.05, 4.69) is 22.2 Å². The van der Waals surface area contributed by atoms with Gasteiger partial charge in [0.05, 0.1) is 10.4 Å². The predicted octanol–water partition coefficient (Wildman–Crippen LogP) is 4.63. The van der Waals surface area contributed by atoms with E-state index in [1.807, 2.05) is 19.1 Å². The highest BCUT2D eigenvalue weighted by Crippen LogP contribution is 2.29. The van der Waals surface area contributed by atoms with Crippen LogP contribution in [-0.4, -0.2) is 16.5 Å². The van der Waals surface area contributed by atoms with Crippen LogP contribution in [-0.2, 0) is 0 Å². The summed E-state index contributed by atoms with van der Waals surface area (Å²) >= 11 is 1.64. The molecule has 0 bridgehead atoms. The van der Waals surface area contributed by atoms with Crippen molar-refractivity contribution in [1.29, 1.82) is 0 Å². The van der Waals surface area contributed by atoms with Gasteiger partial charge < -0.3 is 5.32 Å². The lowest BCUT2D eigenvalue weighted by Gasteiger charge is -2.09. The molecule has 2 aromatic heterocycles. The van der Waals surface area contributed by atoms with Crippen LogP contribution in [0.1, 0.15) is 18.2 Å². The Morgan fingerprint density at radius 2 is 2.05 bits per heavy atom. The van der Waals surface area contributed by atoms with E-state index in [1.165, 1.54) is 17.0 Å². The summed E-state index contributed by atoms with van der Waals surface area (Å²) in [6.07, 6.45) is 1.00. The first-order chi connectivity index (χ1) is 10.2. The summed E-state index contributed by atoms with van der Waals surface area (Å²) in [7, 11) is 0. The van der Waals surface area contributed by atoms with Crippen LogP contribution >= 0.6 is 11.3 Å². The number of benzene rings is 1. The molecule has 0 atom stereocenters. The Morgan fingerprint density at radius 3 is 2.76 bits per heavy atom. The lowest BCUT2D eigenvalue weighted by Crippen LogP contribution is -2.04. The van der Waals surface area contributed by atoms with Crippen LogP contribution in [0.5, 0.6) is 0 Å². The molecule has 1 aromatic carbocycles. The average molecular weight is 301 g/mol. The van der Waals surface area contributed by atoms with E-state index < -0.39 is 0 Å². The molecule has 0 radical (unpaired) electrons. The number of aromatic nitrogens is 2. The van der Waals surface area contributed by atoms with Gasteiger partial charge in [-0.15, -0.1) is 11.3 Å². The van der Waals surface area contributed by atoms with Crippen molar-refractivity contribution in [1.82, 2.24) is 9.97 Å². The largest absolute Gasteiger partial charge is 0.369 e. The lowest BCUT2D eigenvalue weighted by atomic mass is 10.2. The molecule has 0 aliphatic carbocycles. The molecule has 0 aliphatic heterocycles. The van der Waals surface area contributed by atoms with E-state index in [-0.39, 0.29) is 5.82 Å². The van der Waals surface area contributed by atoms with Gasteiger partial charge in [-0.2, -0.15) is 0 Å². The molecular formula is C16H16FN3S. The molecule has 108 valence electrons. The van der Waals surface area contributed by atoms with Crippen molar-refractivity contribution in [2.24, 2.45) is 0 Å². The quantitative estimate of drug-likeness (QED) is 0.763. The monoisotopic (exact) mass is 301 g/mol. The van der Waals surface area contributed by atoms with Crippen LogP contribution in [0.25, 0.3) is 21.6 Å². The Labute approximate surface area is 126 Å². The van der Waals surface area contributed by atoms with Gasteiger partial charge in [0.25, 0.3) is 0 Å². The van der Waals surface area contributed by atoms with Crippen molar-refractivity contribution in [2.45, 2.75) is 20.3 Å². The van der Waals surface area contributed by atoms with Gasteiger partial charge in [0.2, 0.25) is 0 Å². The van der Waals surface area contributed by atoms with Gasteiger partial charge in [-0.3, -0.25) is 0 Å². The number of hydrogen-bond acceptors (Lipinski definition) is 4. The number of hydrogen-bond donors (Lipinski definition) is 1. The molecular weight excluding hydrogens is 285 g/mol. The third kappa shape index (κ3) is 2.88. The van der Waals surface area contributed by atoms with Gasteiger partial charge in [0.15, 0.2) is 5.82 Å². The van der Waals surface area contributed by atoms with Crippen molar-refractivity contribution in [3.05, 3.63) is 41.0 Å². The summed E-state index contributed by atoms with van der Waals surface area (Å²) in [6, 6.07) is 8.67. The number of halogens is 1. The molecule has 0 fully saturated rings. The topological polar surface area (TPSA) is 37.8 Å². The maximum absolute atomic E-state index is 13.5. The van der Waals surface area contributed by atoms with Crippen LogP contribution in [0.15, 0.2) is 30.3 Å². The minimum Gasteiger partial charge on any atom is -0.369 e. The molecule has 0 saturated carbocycles. The normalized spacial score (nSPS) is 11.0. The summed E-state index contributed by atoms with van der Waals surface area (Å²) in [4.78, 5) is 11.3. The molecule has 3 nitrogen and oxygen atoms in total. The van der Waals surface area contributed by atoms with Crippen molar-refractivity contribution in [3.8, 4) is 10.7 Å². The maximum Gasteiger partial charge on any atom is 0.172 e. The molecule has 5 heteroatoms. The zero-order chi connectivity index (χ0) is 14.8. The summed E-state index contributed by atoms with van der Waals surface area (Å²) < 4.78 is 13.5. The first kappa shape index (κ1) is 13.9. The molecule has 21 heavy (non-hydrogen) atoms. The van der Waals surface area contributed by atoms with Crippen LogP contribution in [0.3, 0.4) is 0 Å². The molecule has 0 aliphatic rings. The van der Waals surface area contributed by atoms with E-state index in [9.17, 15) is 4.39 Å². The number of fused-ring (bicyclic) bond motifs is 1. The second-order valence-corrected chi connectivity index (χ2v) is 6.18. The number of aryl methyl sites for hydroxylation is 1. The van der Waals surface area contributed by atoms with Crippen molar-refractivity contribution >= 4 is 28.1 Å². The Bertz CT molecular complexity index is 782. The number of nitrogens with zero attached hydrogens (tertiary/aromatic N) is 2. The SMILES string of the molecule is CCCNc1nc(-c2ccc(C)s2)nc2cc(F)ccc12. The highest BCUT2D eigenvalue weighted by Gasteiger charge is 2.11. The molecule has 2 heterocycles. The highest BCUT2D eigenvalue weighted by atomic mass is 32.1. The number of rotatable bonds is 4. The van der Waals surface area contributed by atoms with Gasteiger partial charge in [0, 0.05) is 22.9 Å². The van der Waals surface area contributed by atoms with Gasteiger partial charge in [-0.25, -0.2) is 14.4 Å². The minimum absolute atomic E-state index is 0.282. The van der Waals surface area contributed by atoms with E-state index in [4.69, 9.17) is 0 Å².